The highest BCUT2D eigenvalue weighted by atomic mass is 16.5. The van der Waals surface area contributed by atoms with E-state index in [1.54, 1.807) is 14.2 Å². The lowest BCUT2D eigenvalue weighted by Crippen LogP contribution is -2.54. The summed E-state index contributed by atoms with van der Waals surface area (Å²) in [7, 11) is 5.46. The number of ether oxygens (including phenoxy) is 3. The van der Waals surface area contributed by atoms with E-state index in [1.807, 2.05) is 6.07 Å². The van der Waals surface area contributed by atoms with E-state index in [0.29, 0.717) is 0 Å². The molecule has 2 aliphatic rings. The van der Waals surface area contributed by atoms with E-state index >= 15 is 0 Å². The molecule has 0 aliphatic carbocycles. The predicted octanol–water partition coefficient (Wildman–Crippen LogP) is 2.79. The third-order valence-electron chi connectivity index (χ3n) is 6.60. The lowest BCUT2D eigenvalue weighted by atomic mass is 9.88. The van der Waals surface area contributed by atoms with Gasteiger partial charge in [-0.1, -0.05) is 6.07 Å². The van der Waals surface area contributed by atoms with Gasteiger partial charge in [-0.15, -0.1) is 0 Å². The molecule has 0 bridgehead atoms. The molecule has 7 nitrogen and oxygen atoms in total. The molecule has 0 atom stereocenters. The van der Waals surface area contributed by atoms with Gasteiger partial charge in [0.05, 0.1) is 20.8 Å². The maximum absolute atomic E-state index is 5.69. The van der Waals surface area contributed by atoms with E-state index < -0.39 is 0 Å². The molecule has 3 rings (SSSR count). The third kappa shape index (κ3) is 6.04. The van der Waals surface area contributed by atoms with E-state index in [4.69, 9.17) is 19.2 Å². The molecule has 31 heavy (non-hydrogen) atoms. The second kappa shape index (κ2) is 11.6. The molecule has 2 aliphatic heterocycles. The standard InChI is InChI=1S/C24H40N4O3/c1-5-25-23(26-19-24(11-16-31-17-12-24)28-13-6-7-14-28)27(2)15-10-20-8-9-21(29-3)22(18-20)30-4/h8-9,18H,5-7,10-17,19H2,1-4H3,(H,25,26). The van der Waals surface area contributed by atoms with Crippen LogP contribution in [0.15, 0.2) is 23.2 Å². The summed E-state index contributed by atoms with van der Waals surface area (Å²) in [5.74, 6) is 2.52. The van der Waals surface area contributed by atoms with Crippen molar-refractivity contribution in [3.05, 3.63) is 23.8 Å². The van der Waals surface area contributed by atoms with Crippen LogP contribution in [0.2, 0.25) is 0 Å². The summed E-state index contributed by atoms with van der Waals surface area (Å²) >= 11 is 0. The van der Waals surface area contributed by atoms with Crippen molar-refractivity contribution < 1.29 is 14.2 Å². The van der Waals surface area contributed by atoms with Crippen molar-refractivity contribution in [3.8, 4) is 11.5 Å². The Morgan fingerprint density at radius 3 is 2.52 bits per heavy atom. The first kappa shape index (κ1) is 23.7. The molecule has 0 unspecified atom stereocenters. The quantitative estimate of drug-likeness (QED) is 0.478. The maximum Gasteiger partial charge on any atom is 0.193 e. The monoisotopic (exact) mass is 432 g/mol. The smallest absolute Gasteiger partial charge is 0.193 e. The number of guanidine groups is 1. The van der Waals surface area contributed by atoms with Gasteiger partial charge in [0, 0.05) is 38.9 Å². The van der Waals surface area contributed by atoms with Gasteiger partial charge in [0.25, 0.3) is 0 Å². The highest BCUT2D eigenvalue weighted by Crippen LogP contribution is 2.32. The van der Waals surface area contributed by atoms with Crippen molar-refractivity contribution in [3.63, 3.8) is 0 Å². The van der Waals surface area contributed by atoms with Gasteiger partial charge < -0.3 is 24.4 Å². The summed E-state index contributed by atoms with van der Waals surface area (Å²) in [6.45, 7) is 8.78. The number of aliphatic imine (C=N–C) groups is 1. The highest BCUT2D eigenvalue weighted by Gasteiger charge is 2.39. The minimum Gasteiger partial charge on any atom is -0.493 e. The summed E-state index contributed by atoms with van der Waals surface area (Å²) in [4.78, 5) is 10.0. The van der Waals surface area contributed by atoms with Crippen molar-refractivity contribution in [2.45, 2.75) is 44.6 Å². The SMILES string of the molecule is CCNC(=NCC1(N2CCCC2)CCOCC1)N(C)CCc1ccc(OC)c(OC)c1. The van der Waals surface area contributed by atoms with Gasteiger partial charge in [-0.3, -0.25) is 9.89 Å². The predicted molar refractivity (Wildman–Crippen MR) is 125 cm³/mol. The summed E-state index contributed by atoms with van der Waals surface area (Å²) < 4.78 is 16.5. The zero-order chi connectivity index (χ0) is 22.1. The van der Waals surface area contributed by atoms with Gasteiger partial charge >= 0.3 is 0 Å². The summed E-state index contributed by atoms with van der Waals surface area (Å²) in [6, 6.07) is 6.13. The van der Waals surface area contributed by atoms with Crippen LogP contribution in [0.25, 0.3) is 0 Å². The largest absolute Gasteiger partial charge is 0.493 e. The van der Waals surface area contributed by atoms with Crippen LogP contribution < -0.4 is 14.8 Å². The average Bonchev–Trinajstić information content (AvgIpc) is 3.36. The summed E-state index contributed by atoms with van der Waals surface area (Å²) in [5, 5.41) is 3.49. The molecule has 0 spiro atoms. The van der Waals surface area contributed by atoms with E-state index in [-0.39, 0.29) is 5.54 Å². The Balaban J connectivity index is 1.66. The number of benzene rings is 1. The van der Waals surface area contributed by atoms with Crippen molar-refractivity contribution >= 4 is 5.96 Å². The van der Waals surface area contributed by atoms with Crippen LogP contribution in [0, 0.1) is 0 Å². The molecule has 0 saturated carbocycles. The third-order valence-corrected chi connectivity index (χ3v) is 6.60. The Morgan fingerprint density at radius 1 is 1.16 bits per heavy atom. The number of rotatable bonds is 9. The summed E-state index contributed by atoms with van der Waals surface area (Å²) in [5.41, 5.74) is 1.37. The van der Waals surface area contributed by atoms with Crippen molar-refractivity contribution in [2.24, 2.45) is 4.99 Å². The fourth-order valence-corrected chi connectivity index (χ4v) is 4.65. The zero-order valence-corrected chi connectivity index (χ0v) is 19.8. The van der Waals surface area contributed by atoms with E-state index in [0.717, 1.165) is 69.6 Å². The van der Waals surface area contributed by atoms with Crippen LogP contribution in [-0.4, -0.2) is 88.5 Å². The Hall–Kier alpha value is -1.99. The molecule has 2 fully saturated rings. The van der Waals surface area contributed by atoms with E-state index in [1.165, 1.54) is 31.5 Å². The normalized spacial score (nSPS) is 19.3. The number of nitrogens with one attached hydrogen (secondary N) is 1. The molecule has 2 heterocycles. The molecule has 7 heteroatoms. The van der Waals surface area contributed by atoms with Gasteiger partial charge in [-0.2, -0.15) is 0 Å². The fraction of sp³-hybridized carbons (Fsp3) is 0.708. The molecule has 1 aromatic carbocycles. The van der Waals surface area contributed by atoms with Crippen LogP contribution in [0.4, 0.5) is 0 Å². The topological polar surface area (TPSA) is 58.6 Å². The molecule has 174 valence electrons. The number of hydrogen-bond acceptors (Lipinski definition) is 5. The molecule has 0 aromatic heterocycles. The Bertz CT molecular complexity index is 713. The van der Waals surface area contributed by atoms with Gasteiger partial charge in [0.1, 0.15) is 0 Å². The Morgan fingerprint density at radius 2 is 1.87 bits per heavy atom. The fourth-order valence-electron chi connectivity index (χ4n) is 4.65. The first-order valence-electron chi connectivity index (χ1n) is 11.6. The molecule has 0 radical (unpaired) electrons. The number of methoxy groups -OCH3 is 2. The highest BCUT2D eigenvalue weighted by molar-refractivity contribution is 5.79. The zero-order valence-electron chi connectivity index (χ0n) is 19.8. The second-order valence-electron chi connectivity index (χ2n) is 8.56. The second-order valence-corrected chi connectivity index (χ2v) is 8.56. The number of likely N-dealkylation sites (N-methyl/N-ethyl adjacent to an activating group) is 1. The van der Waals surface area contributed by atoms with E-state index in [2.05, 4.69) is 41.2 Å². The van der Waals surface area contributed by atoms with Gasteiger partial charge in [-0.25, -0.2) is 0 Å². The first-order valence-corrected chi connectivity index (χ1v) is 11.6. The molecule has 2 saturated heterocycles. The van der Waals surface area contributed by atoms with Crippen LogP contribution in [0.5, 0.6) is 11.5 Å². The van der Waals surface area contributed by atoms with E-state index in [9.17, 15) is 0 Å². The molecule has 1 aromatic rings. The molecule has 1 N–H and O–H groups in total. The van der Waals surface area contributed by atoms with Crippen molar-refractivity contribution in [1.82, 2.24) is 15.1 Å². The minimum atomic E-state index is 0.152. The van der Waals surface area contributed by atoms with Crippen LogP contribution >= 0.6 is 0 Å². The number of likely N-dealkylation sites (tertiary alicyclic amines) is 1. The van der Waals surface area contributed by atoms with Gasteiger partial charge in [-0.05, 0) is 69.8 Å². The molecular weight excluding hydrogens is 392 g/mol. The average molecular weight is 433 g/mol. The number of hydrogen-bond donors (Lipinski definition) is 1. The number of nitrogens with zero attached hydrogens (tertiary/aromatic N) is 3. The lowest BCUT2D eigenvalue weighted by molar-refractivity contribution is -0.0139. The molecule has 0 amide bonds. The van der Waals surface area contributed by atoms with Crippen molar-refractivity contribution in [2.75, 3.05) is 67.2 Å². The first-order chi connectivity index (χ1) is 15.1. The van der Waals surface area contributed by atoms with Crippen molar-refractivity contribution in [1.29, 1.82) is 0 Å². The van der Waals surface area contributed by atoms with Gasteiger partial charge in [0.2, 0.25) is 0 Å². The minimum absolute atomic E-state index is 0.152. The lowest BCUT2D eigenvalue weighted by Gasteiger charge is -2.43. The van der Waals surface area contributed by atoms with Crippen LogP contribution in [-0.2, 0) is 11.2 Å². The maximum atomic E-state index is 5.69. The van der Waals surface area contributed by atoms with Gasteiger partial charge in [0.15, 0.2) is 17.5 Å². The molecular formula is C24H40N4O3. The van der Waals surface area contributed by atoms with Crippen LogP contribution in [0.1, 0.15) is 38.2 Å². The summed E-state index contributed by atoms with van der Waals surface area (Å²) in [6.07, 6.45) is 5.66. The van der Waals surface area contributed by atoms with Crippen LogP contribution in [0.3, 0.4) is 0 Å². The Kier molecular flexibility index (Phi) is 8.84. The Labute approximate surface area is 187 Å².